The molecular formula is C23H28FN3O5. The summed E-state index contributed by atoms with van der Waals surface area (Å²) in [7, 11) is 1.37. The molecule has 0 aromatic heterocycles. The fraction of sp³-hybridized carbons (Fsp3) is 0.522. The number of halogens is 1. The Hall–Kier alpha value is -3.10. The van der Waals surface area contributed by atoms with Crippen molar-refractivity contribution in [2.24, 2.45) is 5.41 Å². The minimum atomic E-state index is -1.17. The third-order valence-electron chi connectivity index (χ3n) is 6.58. The molecule has 8 nitrogen and oxygen atoms in total. The van der Waals surface area contributed by atoms with Gasteiger partial charge in [-0.3, -0.25) is 24.1 Å². The van der Waals surface area contributed by atoms with E-state index in [2.05, 4.69) is 5.32 Å². The van der Waals surface area contributed by atoms with E-state index in [4.69, 9.17) is 0 Å². The van der Waals surface area contributed by atoms with Crippen molar-refractivity contribution in [3.05, 3.63) is 29.1 Å². The summed E-state index contributed by atoms with van der Waals surface area (Å²) in [5.74, 6) is -1.69. The lowest BCUT2D eigenvalue weighted by atomic mass is 9.68. The van der Waals surface area contributed by atoms with E-state index >= 15 is 0 Å². The van der Waals surface area contributed by atoms with Crippen molar-refractivity contribution >= 4 is 36.0 Å². The van der Waals surface area contributed by atoms with Crippen molar-refractivity contribution in [3.8, 4) is 0 Å². The minimum absolute atomic E-state index is 0.00963. The molecule has 0 bridgehead atoms. The number of carbonyl (C=O) groups excluding carboxylic acids is 5. The van der Waals surface area contributed by atoms with E-state index in [0.29, 0.717) is 48.4 Å². The number of hydrogen-bond donors (Lipinski definition) is 1. The Morgan fingerprint density at radius 1 is 1.25 bits per heavy atom. The molecule has 3 rings (SSSR count). The van der Waals surface area contributed by atoms with Crippen molar-refractivity contribution in [2.45, 2.75) is 51.5 Å². The Morgan fingerprint density at radius 3 is 2.47 bits per heavy atom. The van der Waals surface area contributed by atoms with E-state index in [1.807, 2.05) is 4.90 Å². The Bertz CT molecular complexity index is 930. The fourth-order valence-corrected chi connectivity index (χ4v) is 4.64. The second-order valence-corrected chi connectivity index (χ2v) is 8.71. The molecule has 1 aliphatic carbocycles. The van der Waals surface area contributed by atoms with Crippen LogP contribution < -0.4 is 10.2 Å². The van der Waals surface area contributed by atoms with Crippen LogP contribution in [0, 0.1) is 18.2 Å². The first-order valence-corrected chi connectivity index (χ1v) is 10.8. The maximum Gasteiger partial charge on any atom is 0.261 e. The summed E-state index contributed by atoms with van der Waals surface area (Å²) >= 11 is 0. The highest BCUT2D eigenvalue weighted by Crippen LogP contribution is 2.45. The molecule has 1 aromatic rings. The molecule has 1 saturated carbocycles. The topological polar surface area (TPSA) is 104 Å². The summed E-state index contributed by atoms with van der Waals surface area (Å²) in [5, 5.41) is 2.38. The number of amides is 3. The molecule has 1 saturated heterocycles. The van der Waals surface area contributed by atoms with Crippen LogP contribution in [0.4, 0.5) is 10.1 Å². The SMILES string of the molecule is CNC(=O)C(CCC=O)N(C=O)C(=O)c1cc(F)c(N2CC3(CCC(=O)CC3)C2)cc1C. The van der Waals surface area contributed by atoms with Crippen LogP contribution >= 0.6 is 0 Å². The normalized spacial score (nSPS) is 18.0. The minimum Gasteiger partial charge on any atom is -0.368 e. The summed E-state index contributed by atoms with van der Waals surface area (Å²) in [5.41, 5.74) is 0.889. The predicted octanol–water partition coefficient (Wildman–Crippen LogP) is 1.78. The molecule has 1 spiro atoms. The van der Waals surface area contributed by atoms with Crippen LogP contribution in [0.1, 0.15) is 54.4 Å². The number of hydrogen-bond acceptors (Lipinski definition) is 6. The van der Waals surface area contributed by atoms with Crippen molar-refractivity contribution in [1.29, 1.82) is 0 Å². The molecule has 3 amide bonds. The summed E-state index contributed by atoms with van der Waals surface area (Å²) < 4.78 is 15.0. The van der Waals surface area contributed by atoms with Gasteiger partial charge in [0.2, 0.25) is 12.3 Å². The number of carbonyl (C=O) groups is 5. The number of ketones is 1. The summed E-state index contributed by atoms with van der Waals surface area (Å²) in [6.07, 6.45) is 3.58. The average molecular weight is 445 g/mol. The van der Waals surface area contributed by atoms with Crippen LogP contribution in [0.25, 0.3) is 0 Å². The highest BCUT2D eigenvalue weighted by molar-refractivity contribution is 6.04. The number of Topliss-reactive ketones (excluding diaryl/α,β-unsaturated/α-hetero) is 1. The molecule has 1 N–H and O–H groups in total. The van der Waals surface area contributed by atoms with Crippen LogP contribution in [0.2, 0.25) is 0 Å². The number of benzene rings is 1. The third kappa shape index (κ3) is 4.56. The van der Waals surface area contributed by atoms with Gasteiger partial charge in [0.1, 0.15) is 23.9 Å². The van der Waals surface area contributed by atoms with E-state index in [-0.39, 0.29) is 36.0 Å². The standard InChI is InChI=1S/C23H28FN3O5/c1-15-10-20(26-12-23(13-26)7-5-16(30)6-8-23)18(24)11-17(15)22(32)27(14-29)19(4-3-9-28)21(31)25-2/h9-11,14,19H,3-8,12-13H2,1-2H3,(H,25,31). The largest absolute Gasteiger partial charge is 0.368 e. The highest BCUT2D eigenvalue weighted by Gasteiger charge is 2.45. The second kappa shape index (κ2) is 9.58. The lowest BCUT2D eigenvalue weighted by molar-refractivity contribution is -0.131. The smallest absolute Gasteiger partial charge is 0.261 e. The van der Waals surface area contributed by atoms with Crippen molar-refractivity contribution in [3.63, 3.8) is 0 Å². The molecule has 1 aromatic carbocycles. The molecule has 1 atom stereocenters. The van der Waals surface area contributed by atoms with Gasteiger partial charge in [-0.15, -0.1) is 0 Å². The predicted molar refractivity (Wildman–Crippen MR) is 115 cm³/mol. The Labute approximate surface area is 186 Å². The number of anilines is 1. The lowest BCUT2D eigenvalue weighted by Crippen LogP contribution is -2.58. The molecule has 2 aliphatic rings. The molecule has 1 aliphatic heterocycles. The fourth-order valence-electron chi connectivity index (χ4n) is 4.64. The van der Waals surface area contributed by atoms with Gasteiger partial charge in [0, 0.05) is 50.4 Å². The number of imide groups is 1. The number of rotatable bonds is 8. The zero-order valence-corrected chi connectivity index (χ0v) is 18.4. The van der Waals surface area contributed by atoms with E-state index in [1.165, 1.54) is 7.05 Å². The maximum atomic E-state index is 15.0. The molecular weight excluding hydrogens is 417 g/mol. The number of nitrogens with one attached hydrogen (secondary N) is 1. The molecule has 1 unspecified atom stereocenters. The number of aldehydes is 1. The monoisotopic (exact) mass is 445 g/mol. The lowest BCUT2D eigenvalue weighted by Gasteiger charge is -2.53. The van der Waals surface area contributed by atoms with Crippen LogP contribution in [0.15, 0.2) is 12.1 Å². The van der Waals surface area contributed by atoms with Gasteiger partial charge < -0.3 is 15.0 Å². The zero-order valence-electron chi connectivity index (χ0n) is 18.4. The molecule has 0 radical (unpaired) electrons. The van der Waals surface area contributed by atoms with E-state index in [0.717, 1.165) is 18.9 Å². The Balaban J connectivity index is 1.79. The van der Waals surface area contributed by atoms with Gasteiger partial charge in [-0.1, -0.05) is 0 Å². The van der Waals surface area contributed by atoms with E-state index in [9.17, 15) is 28.4 Å². The van der Waals surface area contributed by atoms with Crippen molar-refractivity contribution in [1.82, 2.24) is 10.2 Å². The van der Waals surface area contributed by atoms with Crippen LogP contribution in [0.3, 0.4) is 0 Å². The summed E-state index contributed by atoms with van der Waals surface area (Å²) in [6, 6.07) is 1.51. The Morgan fingerprint density at radius 2 is 1.91 bits per heavy atom. The molecule has 32 heavy (non-hydrogen) atoms. The van der Waals surface area contributed by atoms with Crippen LogP contribution in [-0.4, -0.2) is 61.4 Å². The molecule has 9 heteroatoms. The van der Waals surface area contributed by atoms with Gasteiger partial charge in [-0.25, -0.2) is 4.39 Å². The number of likely N-dealkylation sites (N-methyl/N-ethyl adjacent to an activating group) is 1. The summed E-state index contributed by atoms with van der Waals surface area (Å²) in [6.45, 7) is 2.97. The summed E-state index contributed by atoms with van der Waals surface area (Å²) in [4.78, 5) is 61.8. The molecule has 172 valence electrons. The average Bonchev–Trinajstić information content (AvgIpc) is 2.76. The number of nitrogens with zero attached hydrogens (tertiary/aromatic N) is 2. The first-order valence-electron chi connectivity index (χ1n) is 10.8. The van der Waals surface area contributed by atoms with Crippen molar-refractivity contribution < 1.29 is 28.4 Å². The van der Waals surface area contributed by atoms with Crippen molar-refractivity contribution in [2.75, 3.05) is 25.0 Å². The first kappa shape index (κ1) is 23.6. The maximum absolute atomic E-state index is 15.0. The van der Waals surface area contributed by atoms with Crippen LogP contribution in [0.5, 0.6) is 0 Å². The second-order valence-electron chi connectivity index (χ2n) is 8.71. The third-order valence-corrected chi connectivity index (χ3v) is 6.58. The Kier molecular flexibility index (Phi) is 7.06. The highest BCUT2D eigenvalue weighted by atomic mass is 19.1. The number of aryl methyl sites for hydroxylation is 1. The van der Waals surface area contributed by atoms with E-state index < -0.39 is 23.7 Å². The van der Waals surface area contributed by atoms with Crippen LogP contribution in [-0.2, 0) is 19.2 Å². The van der Waals surface area contributed by atoms with Gasteiger partial charge in [-0.2, -0.15) is 0 Å². The zero-order chi connectivity index (χ0) is 23.5. The van der Waals surface area contributed by atoms with Gasteiger partial charge in [0.25, 0.3) is 5.91 Å². The van der Waals surface area contributed by atoms with E-state index in [1.54, 1.807) is 13.0 Å². The molecule has 2 fully saturated rings. The first-order chi connectivity index (χ1) is 15.2. The van der Waals surface area contributed by atoms with Gasteiger partial charge >= 0.3 is 0 Å². The quantitative estimate of drug-likeness (QED) is 0.612. The molecule has 1 heterocycles. The van der Waals surface area contributed by atoms with Gasteiger partial charge in [0.05, 0.1) is 5.69 Å². The van der Waals surface area contributed by atoms with Gasteiger partial charge in [0.15, 0.2) is 0 Å². The van der Waals surface area contributed by atoms with Gasteiger partial charge in [-0.05, 0) is 43.9 Å².